The van der Waals surface area contributed by atoms with E-state index < -0.39 is 0 Å². The predicted octanol–water partition coefficient (Wildman–Crippen LogP) is 3.91. The number of nitrogen functional groups attached to an aromatic ring is 1. The molecule has 0 radical (unpaired) electrons. The minimum Gasteiger partial charge on any atom is -0.495 e. The summed E-state index contributed by atoms with van der Waals surface area (Å²) in [5, 5.41) is 2.89. The van der Waals surface area contributed by atoms with Crippen molar-refractivity contribution in [3.8, 4) is 5.75 Å². The first-order chi connectivity index (χ1) is 9.92. The lowest BCUT2D eigenvalue weighted by atomic mass is 10.1. The third-order valence-electron chi connectivity index (χ3n) is 3.25. The number of rotatable bonds is 3. The molecule has 0 spiro atoms. The van der Waals surface area contributed by atoms with Gasteiger partial charge < -0.3 is 15.8 Å². The summed E-state index contributed by atoms with van der Waals surface area (Å²) in [5.41, 5.74) is 9.46. The lowest BCUT2D eigenvalue weighted by Crippen LogP contribution is -2.14. The van der Waals surface area contributed by atoms with Gasteiger partial charge in [0.05, 0.1) is 12.8 Å². The van der Waals surface area contributed by atoms with E-state index >= 15 is 0 Å². The van der Waals surface area contributed by atoms with Crippen LogP contribution < -0.4 is 15.8 Å². The van der Waals surface area contributed by atoms with Crippen LogP contribution in [0.3, 0.4) is 0 Å². The summed E-state index contributed by atoms with van der Waals surface area (Å²) in [6.45, 7) is 3.79. The Morgan fingerprint density at radius 3 is 2.52 bits per heavy atom. The lowest BCUT2D eigenvalue weighted by Gasteiger charge is -2.14. The highest BCUT2D eigenvalue weighted by Crippen LogP contribution is 2.32. The van der Waals surface area contributed by atoms with Crippen molar-refractivity contribution in [3.63, 3.8) is 0 Å². The van der Waals surface area contributed by atoms with Gasteiger partial charge in [-0.05, 0) is 55.3 Å². The number of halogens is 1. The van der Waals surface area contributed by atoms with Gasteiger partial charge in [-0.1, -0.05) is 15.9 Å². The molecule has 0 atom stereocenters. The van der Waals surface area contributed by atoms with Gasteiger partial charge in [0.2, 0.25) is 0 Å². The molecule has 1 amide bonds. The number of benzene rings is 2. The van der Waals surface area contributed by atoms with Crippen LogP contribution in [0.5, 0.6) is 5.75 Å². The number of aryl methyl sites for hydroxylation is 2. The van der Waals surface area contributed by atoms with E-state index in [1.54, 1.807) is 25.3 Å². The summed E-state index contributed by atoms with van der Waals surface area (Å²) in [5.74, 6) is 0.421. The third kappa shape index (κ3) is 3.36. The predicted molar refractivity (Wildman–Crippen MR) is 89.0 cm³/mol. The quantitative estimate of drug-likeness (QED) is 0.826. The highest BCUT2D eigenvalue weighted by molar-refractivity contribution is 9.10. The van der Waals surface area contributed by atoms with Gasteiger partial charge in [0.25, 0.3) is 5.91 Å². The van der Waals surface area contributed by atoms with E-state index in [0.717, 1.165) is 15.6 Å². The van der Waals surface area contributed by atoms with Gasteiger partial charge in [0, 0.05) is 15.7 Å². The Kier molecular flexibility index (Phi) is 4.53. The van der Waals surface area contributed by atoms with E-state index in [9.17, 15) is 4.79 Å². The normalized spacial score (nSPS) is 10.3. The van der Waals surface area contributed by atoms with E-state index in [4.69, 9.17) is 10.5 Å². The molecule has 2 rings (SSSR count). The van der Waals surface area contributed by atoms with Crippen LogP contribution in [-0.2, 0) is 0 Å². The molecule has 0 saturated heterocycles. The average Bonchev–Trinajstić information content (AvgIpc) is 2.44. The van der Waals surface area contributed by atoms with Gasteiger partial charge >= 0.3 is 0 Å². The molecule has 0 aromatic heterocycles. The van der Waals surface area contributed by atoms with Crippen LogP contribution in [0.4, 0.5) is 11.4 Å². The number of hydrogen-bond donors (Lipinski definition) is 2. The molecule has 4 nitrogen and oxygen atoms in total. The molecular weight excluding hydrogens is 332 g/mol. The van der Waals surface area contributed by atoms with Gasteiger partial charge in [0.1, 0.15) is 5.75 Å². The van der Waals surface area contributed by atoms with Gasteiger partial charge in [-0.25, -0.2) is 0 Å². The summed E-state index contributed by atoms with van der Waals surface area (Å²) < 4.78 is 6.22. The average molecular weight is 349 g/mol. The van der Waals surface area contributed by atoms with E-state index in [1.165, 1.54) is 0 Å². The Hall–Kier alpha value is -2.01. The first-order valence-corrected chi connectivity index (χ1v) is 7.23. The minimum absolute atomic E-state index is 0.193. The molecule has 0 aliphatic rings. The van der Waals surface area contributed by atoms with Crippen molar-refractivity contribution < 1.29 is 9.53 Å². The molecule has 0 saturated carbocycles. The number of nitrogens with two attached hydrogens (primary N) is 1. The van der Waals surface area contributed by atoms with Gasteiger partial charge in [-0.2, -0.15) is 0 Å². The van der Waals surface area contributed by atoms with Gasteiger partial charge in [-0.15, -0.1) is 0 Å². The van der Waals surface area contributed by atoms with Crippen molar-refractivity contribution in [1.29, 1.82) is 0 Å². The molecular formula is C16H17BrN2O2. The molecule has 5 heteroatoms. The number of anilines is 2. The van der Waals surface area contributed by atoms with Crippen LogP contribution >= 0.6 is 15.9 Å². The number of hydrogen-bond acceptors (Lipinski definition) is 3. The molecule has 2 aromatic carbocycles. The summed E-state index contributed by atoms with van der Waals surface area (Å²) in [4.78, 5) is 12.4. The van der Waals surface area contributed by atoms with E-state index in [-0.39, 0.29) is 5.91 Å². The van der Waals surface area contributed by atoms with Crippen LogP contribution in [0.2, 0.25) is 0 Å². The number of ether oxygens (including phenoxy) is 1. The maximum atomic E-state index is 12.4. The standard InChI is InChI=1S/C16H17BrN2O2/c1-9-6-11(4-5-13(9)18)16(20)19-15-10(2)7-12(17)8-14(15)21-3/h4-8H,18H2,1-3H3,(H,19,20). The van der Waals surface area contributed by atoms with Gasteiger partial charge in [0.15, 0.2) is 0 Å². The largest absolute Gasteiger partial charge is 0.495 e. The second-order valence-electron chi connectivity index (χ2n) is 4.83. The molecule has 3 N–H and O–H groups in total. The third-order valence-corrected chi connectivity index (χ3v) is 3.71. The molecule has 0 bridgehead atoms. The second kappa shape index (κ2) is 6.18. The van der Waals surface area contributed by atoms with Crippen molar-refractivity contribution in [1.82, 2.24) is 0 Å². The molecule has 0 aliphatic carbocycles. The molecule has 0 unspecified atom stereocenters. The first-order valence-electron chi connectivity index (χ1n) is 6.44. The Balaban J connectivity index is 2.33. The summed E-state index contributed by atoms with van der Waals surface area (Å²) in [6.07, 6.45) is 0. The zero-order valence-corrected chi connectivity index (χ0v) is 13.7. The van der Waals surface area contributed by atoms with Crippen LogP contribution in [0.1, 0.15) is 21.5 Å². The molecule has 0 fully saturated rings. The lowest BCUT2D eigenvalue weighted by molar-refractivity contribution is 0.102. The van der Waals surface area contributed by atoms with Crippen LogP contribution in [0.25, 0.3) is 0 Å². The summed E-state index contributed by atoms with van der Waals surface area (Å²) in [7, 11) is 1.57. The summed E-state index contributed by atoms with van der Waals surface area (Å²) >= 11 is 3.41. The maximum Gasteiger partial charge on any atom is 0.255 e. The van der Waals surface area contributed by atoms with Crippen molar-refractivity contribution in [2.75, 3.05) is 18.2 Å². The van der Waals surface area contributed by atoms with Gasteiger partial charge in [-0.3, -0.25) is 4.79 Å². The fraction of sp³-hybridized carbons (Fsp3) is 0.188. The number of nitrogens with one attached hydrogen (secondary N) is 1. The number of carbonyl (C=O) groups is 1. The van der Waals surface area contributed by atoms with Crippen molar-refractivity contribution in [3.05, 3.63) is 51.5 Å². The first kappa shape index (κ1) is 15.4. The second-order valence-corrected chi connectivity index (χ2v) is 5.74. The number of carbonyl (C=O) groups excluding carboxylic acids is 1. The fourth-order valence-corrected chi connectivity index (χ4v) is 2.59. The Morgan fingerprint density at radius 1 is 1.19 bits per heavy atom. The van der Waals surface area contributed by atoms with Crippen molar-refractivity contribution in [2.24, 2.45) is 0 Å². The maximum absolute atomic E-state index is 12.4. The Labute approximate surface area is 132 Å². The molecule has 0 aliphatic heterocycles. The smallest absolute Gasteiger partial charge is 0.255 e. The number of amides is 1. The van der Waals surface area contributed by atoms with Crippen LogP contribution in [0, 0.1) is 13.8 Å². The van der Waals surface area contributed by atoms with E-state index in [1.807, 2.05) is 26.0 Å². The zero-order chi connectivity index (χ0) is 15.6. The van der Waals surface area contributed by atoms with E-state index in [0.29, 0.717) is 22.7 Å². The Bertz CT molecular complexity index is 699. The zero-order valence-electron chi connectivity index (χ0n) is 12.2. The topological polar surface area (TPSA) is 64.3 Å². The number of methoxy groups -OCH3 is 1. The highest BCUT2D eigenvalue weighted by Gasteiger charge is 2.13. The molecule has 21 heavy (non-hydrogen) atoms. The van der Waals surface area contributed by atoms with Crippen molar-refractivity contribution in [2.45, 2.75) is 13.8 Å². The monoisotopic (exact) mass is 348 g/mol. The van der Waals surface area contributed by atoms with Crippen LogP contribution in [0.15, 0.2) is 34.8 Å². The summed E-state index contributed by atoms with van der Waals surface area (Å²) in [6, 6.07) is 8.95. The molecule has 2 aromatic rings. The SMILES string of the molecule is COc1cc(Br)cc(C)c1NC(=O)c1ccc(N)c(C)c1. The van der Waals surface area contributed by atoms with Crippen molar-refractivity contribution >= 4 is 33.2 Å². The molecule has 110 valence electrons. The van der Waals surface area contributed by atoms with Crippen LogP contribution in [-0.4, -0.2) is 13.0 Å². The Morgan fingerprint density at radius 2 is 1.90 bits per heavy atom. The fourth-order valence-electron chi connectivity index (χ4n) is 2.04. The van der Waals surface area contributed by atoms with E-state index in [2.05, 4.69) is 21.2 Å². The molecule has 0 heterocycles. The minimum atomic E-state index is -0.193. The highest BCUT2D eigenvalue weighted by atomic mass is 79.9.